The molecule has 1 unspecified atom stereocenters. The number of anilines is 2. The van der Waals surface area contributed by atoms with Crippen LogP contribution in [0.4, 0.5) is 11.4 Å². The maximum Gasteiger partial charge on any atom is 0.0455 e. The average Bonchev–Trinajstić information content (AvgIpc) is 2.44. The average molecular weight is 249 g/mol. The fourth-order valence-electron chi connectivity index (χ4n) is 3.78. The molecule has 1 atom stereocenters. The van der Waals surface area contributed by atoms with Crippen molar-refractivity contribution in [3.8, 4) is 0 Å². The molecule has 2 aliphatic rings. The molecule has 4 rings (SSSR count). The van der Waals surface area contributed by atoms with E-state index in [9.17, 15) is 0 Å². The standard InChI is InChI=1S/C18H19N/c1-11-5-3-8-15-14-7-4-6-13-10-9-12(2)18(16(13)14)19-17(11)15/h3,5,8-10,14,19H,4,6-7H2,1-2H3. The molecule has 0 radical (unpaired) electrons. The van der Waals surface area contributed by atoms with Crippen LogP contribution in [0, 0.1) is 13.8 Å². The molecule has 2 aromatic carbocycles. The fourth-order valence-corrected chi connectivity index (χ4v) is 3.78. The summed E-state index contributed by atoms with van der Waals surface area (Å²) in [4.78, 5) is 0. The molecule has 19 heavy (non-hydrogen) atoms. The topological polar surface area (TPSA) is 12.0 Å². The van der Waals surface area contributed by atoms with Gasteiger partial charge in [0.1, 0.15) is 0 Å². The molecule has 0 spiro atoms. The Kier molecular flexibility index (Phi) is 2.26. The van der Waals surface area contributed by atoms with Crippen molar-refractivity contribution in [3.05, 3.63) is 58.1 Å². The Morgan fingerprint density at radius 1 is 1.00 bits per heavy atom. The van der Waals surface area contributed by atoms with Crippen LogP contribution >= 0.6 is 0 Å². The van der Waals surface area contributed by atoms with Crippen LogP contribution in [0.2, 0.25) is 0 Å². The predicted octanol–water partition coefficient (Wildman–Crippen LogP) is 4.83. The maximum atomic E-state index is 3.72. The highest BCUT2D eigenvalue weighted by molar-refractivity contribution is 5.79. The summed E-state index contributed by atoms with van der Waals surface area (Å²) in [5.74, 6) is 0.606. The van der Waals surface area contributed by atoms with E-state index in [1.165, 1.54) is 47.3 Å². The van der Waals surface area contributed by atoms with Crippen molar-refractivity contribution in [1.29, 1.82) is 0 Å². The van der Waals surface area contributed by atoms with Crippen LogP contribution in [0.25, 0.3) is 0 Å². The lowest BCUT2D eigenvalue weighted by Gasteiger charge is -2.36. The molecule has 1 nitrogen and oxygen atoms in total. The molecule has 1 heteroatoms. The number of fused-ring (bicyclic) bond motifs is 2. The van der Waals surface area contributed by atoms with Crippen LogP contribution < -0.4 is 5.32 Å². The van der Waals surface area contributed by atoms with Crippen molar-refractivity contribution in [1.82, 2.24) is 0 Å². The Labute approximate surface area is 114 Å². The van der Waals surface area contributed by atoms with E-state index in [0.717, 1.165) is 0 Å². The van der Waals surface area contributed by atoms with Gasteiger partial charge >= 0.3 is 0 Å². The van der Waals surface area contributed by atoms with Crippen molar-refractivity contribution in [3.63, 3.8) is 0 Å². The molecule has 1 heterocycles. The molecule has 0 bridgehead atoms. The lowest BCUT2D eigenvalue weighted by molar-refractivity contribution is 0.613. The number of benzene rings is 2. The summed E-state index contributed by atoms with van der Waals surface area (Å²) >= 11 is 0. The highest BCUT2D eigenvalue weighted by atomic mass is 14.9. The highest BCUT2D eigenvalue weighted by Crippen LogP contribution is 2.49. The van der Waals surface area contributed by atoms with E-state index in [4.69, 9.17) is 0 Å². The normalized spacial score (nSPS) is 19.4. The van der Waals surface area contributed by atoms with Crippen LogP contribution in [-0.2, 0) is 6.42 Å². The van der Waals surface area contributed by atoms with Crippen molar-refractivity contribution in [2.45, 2.75) is 39.0 Å². The van der Waals surface area contributed by atoms with Gasteiger partial charge in [0.15, 0.2) is 0 Å². The quantitative estimate of drug-likeness (QED) is 0.705. The second-order valence-corrected chi connectivity index (χ2v) is 5.94. The fraction of sp³-hybridized carbons (Fsp3) is 0.333. The maximum absolute atomic E-state index is 3.72. The Morgan fingerprint density at radius 3 is 2.74 bits per heavy atom. The molecule has 1 aliphatic carbocycles. The number of rotatable bonds is 0. The third-order valence-corrected chi connectivity index (χ3v) is 4.76. The summed E-state index contributed by atoms with van der Waals surface area (Å²) in [6.07, 6.45) is 3.84. The zero-order valence-corrected chi connectivity index (χ0v) is 11.6. The van der Waals surface area contributed by atoms with Crippen LogP contribution in [0.5, 0.6) is 0 Å². The first-order valence-electron chi connectivity index (χ1n) is 7.24. The molecule has 2 aromatic rings. The minimum Gasteiger partial charge on any atom is -0.355 e. The molecule has 0 aromatic heterocycles. The van der Waals surface area contributed by atoms with Crippen molar-refractivity contribution in [2.75, 3.05) is 5.32 Å². The molecule has 1 N–H and O–H groups in total. The van der Waals surface area contributed by atoms with E-state index in [2.05, 4.69) is 49.5 Å². The van der Waals surface area contributed by atoms with Gasteiger partial charge in [-0.05, 0) is 60.9 Å². The largest absolute Gasteiger partial charge is 0.355 e. The summed E-state index contributed by atoms with van der Waals surface area (Å²) in [5.41, 5.74) is 10.1. The Morgan fingerprint density at radius 2 is 1.84 bits per heavy atom. The van der Waals surface area contributed by atoms with Gasteiger partial charge in [-0.2, -0.15) is 0 Å². The summed E-state index contributed by atoms with van der Waals surface area (Å²) < 4.78 is 0. The molecule has 0 saturated heterocycles. The van der Waals surface area contributed by atoms with Gasteiger partial charge in [0.25, 0.3) is 0 Å². The summed E-state index contributed by atoms with van der Waals surface area (Å²) in [7, 11) is 0. The van der Waals surface area contributed by atoms with Gasteiger partial charge in [-0.3, -0.25) is 0 Å². The molecular formula is C18H19N. The van der Waals surface area contributed by atoms with Gasteiger partial charge in [-0.25, -0.2) is 0 Å². The van der Waals surface area contributed by atoms with Crippen molar-refractivity contribution in [2.24, 2.45) is 0 Å². The third kappa shape index (κ3) is 1.48. The zero-order chi connectivity index (χ0) is 13.0. The first-order valence-corrected chi connectivity index (χ1v) is 7.24. The van der Waals surface area contributed by atoms with Gasteiger partial charge in [0, 0.05) is 17.3 Å². The van der Waals surface area contributed by atoms with E-state index in [1.54, 1.807) is 11.1 Å². The smallest absolute Gasteiger partial charge is 0.0455 e. The Bertz CT molecular complexity index is 670. The number of hydrogen-bond donors (Lipinski definition) is 1. The minimum absolute atomic E-state index is 0.606. The van der Waals surface area contributed by atoms with E-state index >= 15 is 0 Å². The Balaban J connectivity index is 2.02. The number of aryl methyl sites for hydroxylation is 3. The number of hydrogen-bond acceptors (Lipinski definition) is 1. The van der Waals surface area contributed by atoms with Gasteiger partial charge in [0.2, 0.25) is 0 Å². The van der Waals surface area contributed by atoms with Crippen LogP contribution in [0.3, 0.4) is 0 Å². The lowest BCUT2D eigenvalue weighted by atomic mass is 9.74. The number of nitrogens with one attached hydrogen (secondary N) is 1. The SMILES string of the molecule is Cc1cccc2c1Nc1c(C)ccc3c1C2CCC3. The zero-order valence-electron chi connectivity index (χ0n) is 11.6. The van der Waals surface area contributed by atoms with Gasteiger partial charge in [-0.1, -0.05) is 30.3 Å². The second kappa shape index (κ2) is 3.86. The predicted molar refractivity (Wildman–Crippen MR) is 80.4 cm³/mol. The van der Waals surface area contributed by atoms with E-state index in [0.29, 0.717) is 5.92 Å². The molecule has 1 aliphatic heterocycles. The van der Waals surface area contributed by atoms with Crippen molar-refractivity contribution < 1.29 is 0 Å². The summed E-state index contributed by atoms with van der Waals surface area (Å²) in [6.45, 7) is 4.43. The molecule has 0 fully saturated rings. The molecule has 0 saturated carbocycles. The molecular weight excluding hydrogens is 230 g/mol. The number of para-hydroxylation sites is 1. The van der Waals surface area contributed by atoms with Gasteiger partial charge < -0.3 is 5.32 Å². The second-order valence-electron chi connectivity index (χ2n) is 5.94. The van der Waals surface area contributed by atoms with E-state index in [1.807, 2.05) is 0 Å². The third-order valence-electron chi connectivity index (χ3n) is 4.76. The van der Waals surface area contributed by atoms with Crippen molar-refractivity contribution >= 4 is 11.4 Å². The van der Waals surface area contributed by atoms with Crippen LogP contribution in [0.1, 0.15) is 46.6 Å². The minimum atomic E-state index is 0.606. The first kappa shape index (κ1) is 11.1. The lowest BCUT2D eigenvalue weighted by Crippen LogP contribution is -2.20. The van der Waals surface area contributed by atoms with Gasteiger partial charge in [0.05, 0.1) is 0 Å². The monoisotopic (exact) mass is 249 g/mol. The van der Waals surface area contributed by atoms with E-state index < -0.39 is 0 Å². The van der Waals surface area contributed by atoms with Crippen LogP contribution in [-0.4, -0.2) is 0 Å². The highest BCUT2D eigenvalue weighted by Gasteiger charge is 2.31. The Hall–Kier alpha value is -1.76. The summed E-state index contributed by atoms with van der Waals surface area (Å²) in [6, 6.07) is 11.3. The van der Waals surface area contributed by atoms with Gasteiger partial charge in [-0.15, -0.1) is 0 Å². The first-order chi connectivity index (χ1) is 9.25. The van der Waals surface area contributed by atoms with E-state index in [-0.39, 0.29) is 0 Å². The molecule has 96 valence electrons. The van der Waals surface area contributed by atoms with Crippen LogP contribution in [0.15, 0.2) is 30.3 Å². The molecule has 0 amide bonds. The summed E-state index contributed by atoms with van der Waals surface area (Å²) in [5, 5.41) is 3.72.